The van der Waals surface area contributed by atoms with Crippen molar-refractivity contribution in [3.05, 3.63) is 88.6 Å². The minimum atomic E-state index is -0.427. The van der Waals surface area contributed by atoms with E-state index in [-0.39, 0.29) is 36.1 Å². The van der Waals surface area contributed by atoms with Crippen LogP contribution < -0.4 is 10.9 Å². The highest BCUT2D eigenvalue weighted by Crippen LogP contribution is 2.48. The van der Waals surface area contributed by atoms with E-state index < -0.39 is 5.92 Å². The van der Waals surface area contributed by atoms with E-state index in [1.54, 1.807) is 12.4 Å². The number of rotatable bonds is 6. The molecule has 1 fully saturated rings. The summed E-state index contributed by atoms with van der Waals surface area (Å²) in [5, 5.41) is 13.4. The number of hydrogen-bond acceptors (Lipinski definition) is 5. The maximum Gasteiger partial charge on any atom is 0.258 e. The summed E-state index contributed by atoms with van der Waals surface area (Å²) in [5.41, 5.74) is 3.25. The normalized spacial score (nSPS) is 23.8. The third-order valence-electron chi connectivity index (χ3n) is 7.14. The number of aromatic nitrogens is 2. The van der Waals surface area contributed by atoms with Crippen LogP contribution in [0, 0.1) is 11.8 Å². The largest absolute Gasteiger partial charge is 0.396 e. The van der Waals surface area contributed by atoms with E-state index in [2.05, 4.69) is 22.1 Å². The summed E-state index contributed by atoms with van der Waals surface area (Å²) >= 11 is 0. The first-order valence-corrected chi connectivity index (χ1v) is 11.5. The Bertz CT molecular complexity index is 1200. The van der Waals surface area contributed by atoms with Gasteiger partial charge in [-0.1, -0.05) is 37.3 Å². The van der Waals surface area contributed by atoms with E-state index in [9.17, 15) is 14.7 Å². The van der Waals surface area contributed by atoms with Crippen molar-refractivity contribution < 1.29 is 9.90 Å². The number of hydrogen-bond donors (Lipinski definition) is 2. The van der Waals surface area contributed by atoms with E-state index in [1.165, 1.54) is 0 Å². The maximum absolute atomic E-state index is 13.5. The van der Waals surface area contributed by atoms with Crippen molar-refractivity contribution in [3.8, 4) is 11.1 Å². The molecule has 5 rings (SSSR count). The van der Waals surface area contributed by atoms with Crippen LogP contribution in [0.5, 0.6) is 0 Å². The Morgan fingerprint density at radius 1 is 1.12 bits per heavy atom. The highest BCUT2D eigenvalue weighted by molar-refractivity contribution is 5.80. The van der Waals surface area contributed by atoms with Crippen molar-refractivity contribution in [3.63, 3.8) is 0 Å². The molecule has 0 aliphatic carbocycles. The fraction of sp³-hybridized carbons (Fsp3) is 0.346. The minimum Gasteiger partial charge on any atom is -0.396 e. The lowest BCUT2D eigenvalue weighted by atomic mass is 9.86. The van der Waals surface area contributed by atoms with Crippen LogP contribution in [0.25, 0.3) is 11.1 Å². The molecule has 0 unspecified atom stereocenters. The molecule has 3 aromatic rings. The molecule has 1 aromatic carbocycles. The van der Waals surface area contributed by atoms with Gasteiger partial charge in [-0.15, -0.1) is 0 Å². The molecule has 0 saturated carbocycles. The first-order valence-electron chi connectivity index (χ1n) is 11.5. The molecule has 2 aliphatic rings. The number of carbonyl (C=O) groups excluding carboxylic acids is 1. The summed E-state index contributed by atoms with van der Waals surface area (Å²) in [6.45, 7) is 3.62. The molecule has 2 aromatic heterocycles. The van der Waals surface area contributed by atoms with Crippen LogP contribution in [0.2, 0.25) is 0 Å². The van der Waals surface area contributed by atoms with Gasteiger partial charge in [-0.2, -0.15) is 0 Å². The molecule has 7 heteroatoms. The molecule has 170 valence electrons. The Labute approximate surface area is 192 Å². The number of pyridine rings is 2. The molecule has 1 amide bonds. The highest BCUT2D eigenvalue weighted by Gasteiger charge is 2.55. The van der Waals surface area contributed by atoms with Gasteiger partial charge in [0, 0.05) is 55.3 Å². The lowest BCUT2D eigenvalue weighted by Crippen LogP contribution is -2.46. The van der Waals surface area contributed by atoms with E-state index >= 15 is 0 Å². The zero-order valence-electron chi connectivity index (χ0n) is 18.6. The summed E-state index contributed by atoms with van der Waals surface area (Å²) in [6, 6.07) is 16.9. The van der Waals surface area contributed by atoms with Crippen LogP contribution in [0.15, 0.2) is 71.8 Å². The van der Waals surface area contributed by atoms with Gasteiger partial charge in [0.1, 0.15) is 0 Å². The second-order valence-corrected chi connectivity index (χ2v) is 8.74. The van der Waals surface area contributed by atoms with Crippen LogP contribution >= 0.6 is 0 Å². The van der Waals surface area contributed by atoms with Gasteiger partial charge in [-0.05, 0) is 41.9 Å². The van der Waals surface area contributed by atoms with Gasteiger partial charge >= 0.3 is 0 Å². The van der Waals surface area contributed by atoms with Gasteiger partial charge in [0.2, 0.25) is 5.91 Å². The van der Waals surface area contributed by atoms with E-state index in [0.717, 1.165) is 23.4 Å². The lowest BCUT2D eigenvalue weighted by Gasteiger charge is -2.37. The molecule has 0 radical (unpaired) electrons. The van der Waals surface area contributed by atoms with Crippen molar-refractivity contribution in [1.29, 1.82) is 0 Å². The number of carbonyl (C=O) groups is 1. The molecule has 1 saturated heterocycles. The van der Waals surface area contributed by atoms with E-state index in [1.807, 2.05) is 59.2 Å². The van der Waals surface area contributed by atoms with Gasteiger partial charge in [-0.25, -0.2) is 0 Å². The Morgan fingerprint density at radius 2 is 1.88 bits per heavy atom. The average molecular weight is 445 g/mol. The SMILES string of the molecule is CCN1[C@@H]2Cn3c(ccc(-c4ccncc4)c3=O)[C@H]1[C@@H](C(=O)NCc1ccccc1)[C@@H]2CO. The molecule has 33 heavy (non-hydrogen) atoms. The summed E-state index contributed by atoms with van der Waals surface area (Å²) in [5.74, 6) is -0.749. The van der Waals surface area contributed by atoms with Crippen LogP contribution in [0.1, 0.15) is 24.2 Å². The molecule has 2 bridgehead atoms. The van der Waals surface area contributed by atoms with Gasteiger partial charge in [-0.3, -0.25) is 19.5 Å². The lowest BCUT2D eigenvalue weighted by molar-refractivity contribution is -0.127. The van der Waals surface area contributed by atoms with Crippen molar-refractivity contribution in [2.24, 2.45) is 11.8 Å². The smallest absolute Gasteiger partial charge is 0.258 e. The predicted octanol–water partition coefficient (Wildman–Crippen LogP) is 2.21. The van der Waals surface area contributed by atoms with Crippen molar-refractivity contribution in [2.75, 3.05) is 13.2 Å². The molecule has 7 nitrogen and oxygen atoms in total. The molecule has 4 heterocycles. The first-order chi connectivity index (χ1) is 16.1. The maximum atomic E-state index is 13.5. The van der Waals surface area contributed by atoms with Gasteiger partial charge in [0.25, 0.3) is 5.56 Å². The number of nitrogens with one attached hydrogen (secondary N) is 1. The fourth-order valence-corrected chi connectivity index (χ4v) is 5.61. The Hall–Kier alpha value is -3.29. The van der Waals surface area contributed by atoms with Gasteiger partial charge < -0.3 is 15.0 Å². The number of benzene rings is 1. The quantitative estimate of drug-likeness (QED) is 0.609. The molecule has 2 aliphatic heterocycles. The van der Waals surface area contributed by atoms with E-state index in [4.69, 9.17) is 0 Å². The highest BCUT2D eigenvalue weighted by atomic mass is 16.3. The summed E-state index contributed by atoms with van der Waals surface area (Å²) in [7, 11) is 0. The Balaban J connectivity index is 1.51. The van der Waals surface area contributed by atoms with Crippen molar-refractivity contribution >= 4 is 5.91 Å². The molecular weight excluding hydrogens is 416 g/mol. The molecule has 4 atom stereocenters. The van der Waals surface area contributed by atoms with Crippen molar-refractivity contribution in [1.82, 2.24) is 19.8 Å². The predicted molar refractivity (Wildman–Crippen MR) is 125 cm³/mol. The third kappa shape index (κ3) is 3.67. The zero-order chi connectivity index (χ0) is 22.9. The Kier molecular flexibility index (Phi) is 5.83. The number of amides is 1. The Morgan fingerprint density at radius 3 is 2.58 bits per heavy atom. The minimum absolute atomic E-state index is 0.0634. The summed E-state index contributed by atoms with van der Waals surface area (Å²) in [6.07, 6.45) is 3.35. The van der Waals surface area contributed by atoms with Crippen LogP contribution in [0.3, 0.4) is 0 Å². The van der Waals surface area contributed by atoms with Gasteiger partial charge in [0.15, 0.2) is 0 Å². The molecule has 0 spiro atoms. The monoisotopic (exact) mass is 444 g/mol. The second-order valence-electron chi connectivity index (χ2n) is 8.74. The number of fused-ring (bicyclic) bond motifs is 4. The molecular formula is C26H28N4O3. The standard InChI is InChI=1S/C26H28N4O3/c1-2-29-22-15-30-21(9-8-19(26(30)33)18-10-12-27-13-11-18)24(29)23(20(22)16-31)25(32)28-14-17-6-4-3-5-7-17/h3-13,20,22-24,31H,2,14-16H2,1H3,(H,28,32)/t20-,22-,23+,24+/m1/s1. The zero-order valence-corrected chi connectivity index (χ0v) is 18.6. The van der Waals surface area contributed by atoms with E-state index in [0.29, 0.717) is 18.7 Å². The number of aliphatic hydroxyl groups is 1. The number of nitrogens with zero attached hydrogens (tertiary/aromatic N) is 3. The fourth-order valence-electron chi connectivity index (χ4n) is 5.61. The van der Waals surface area contributed by atoms with Gasteiger partial charge in [0.05, 0.1) is 12.0 Å². The summed E-state index contributed by atoms with van der Waals surface area (Å²) < 4.78 is 1.81. The van der Waals surface area contributed by atoms with Crippen LogP contribution in [0.4, 0.5) is 0 Å². The first kappa shape index (κ1) is 21.6. The van der Waals surface area contributed by atoms with Crippen molar-refractivity contribution in [2.45, 2.75) is 32.1 Å². The number of aliphatic hydroxyl groups excluding tert-OH is 1. The third-order valence-corrected chi connectivity index (χ3v) is 7.14. The topological polar surface area (TPSA) is 87.5 Å². The second kappa shape index (κ2) is 8.92. The number of likely N-dealkylation sites (N-methyl/N-ethyl adjacent to an activating group) is 1. The average Bonchev–Trinajstić information content (AvgIpc) is 3.09. The molecule has 2 N–H and O–H groups in total. The van der Waals surface area contributed by atoms with Crippen LogP contribution in [-0.2, 0) is 17.9 Å². The summed E-state index contributed by atoms with van der Waals surface area (Å²) in [4.78, 5) is 33.2. The van der Waals surface area contributed by atoms with Crippen LogP contribution in [-0.4, -0.2) is 44.7 Å².